The zero-order valence-corrected chi connectivity index (χ0v) is 11.8. The van der Waals surface area contributed by atoms with E-state index in [1.54, 1.807) is 0 Å². The molecule has 1 fully saturated rings. The van der Waals surface area contributed by atoms with E-state index in [1.165, 1.54) is 0 Å². The number of aliphatic carboxylic acids is 1. The largest absolute Gasteiger partial charge is 0.481 e. The third-order valence-corrected chi connectivity index (χ3v) is 3.75. The monoisotopic (exact) mass is 276 g/mol. The molecule has 1 atom stereocenters. The molecule has 3 N–H and O–H groups in total. The van der Waals surface area contributed by atoms with Crippen molar-refractivity contribution in [2.24, 2.45) is 5.92 Å². The molecule has 1 aromatic carbocycles. The molecule has 0 aromatic heterocycles. The van der Waals surface area contributed by atoms with Gasteiger partial charge in [-0.25, -0.2) is 4.79 Å². The van der Waals surface area contributed by atoms with Crippen LogP contribution in [0.4, 0.5) is 10.5 Å². The molecular weight excluding hydrogens is 256 g/mol. The summed E-state index contributed by atoms with van der Waals surface area (Å²) in [4.78, 5) is 22.8. The highest BCUT2D eigenvalue weighted by Gasteiger charge is 2.33. The second-order valence-corrected chi connectivity index (χ2v) is 5.39. The molecule has 2 rings (SSSR count). The van der Waals surface area contributed by atoms with Crippen molar-refractivity contribution in [1.82, 2.24) is 5.32 Å². The number of urea groups is 1. The Hall–Kier alpha value is -2.04. The Morgan fingerprint density at radius 2 is 2.05 bits per heavy atom. The van der Waals surface area contributed by atoms with Crippen molar-refractivity contribution in [1.29, 1.82) is 0 Å². The Balaban J connectivity index is 1.97. The first-order chi connectivity index (χ1) is 9.47. The molecule has 0 radical (unpaired) electrons. The summed E-state index contributed by atoms with van der Waals surface area (Å²) < 4.78 is 0. The minimum Gasteiger partial charge on any atom is -0.481 e. The summed E-state index contributed by atoms with van der Waals surface area (Å²) in [5, 5.41) is 14.4. The van der Waals surface area contributed by atoms with Gasteiger partial charge < -0.3 is 15.7 Å². The lowest BCUT2D eigenvalue weighted by Crippen LogP contribution is -2.40. The van der Waals surface area contributed by atoms with Crippen molar-refractivity contribution in [2.45, 2.75) is 39.2 Å². The minimum atomic E-state index is -0.881. The van der Waals surface area contributed by atoms with Gasteiger partial charge in [0.05, 0.1) is 6.42 Å². The zero-order chi connectivity index (χ0) is 14.7. The number of rotatable bonds is 5. The molecule has 2 amide bonds. The predicted octanol–water partition coefficient (Wildman–Crippen LogP) is 2.68. The summed E-state index contributed by atoms with van der Waals surface area (Å²) in [6.45, 7) is 3.93. The number of carbonyl (C=O) groups is 2. The highest BCUT2D eigenvalue weighted by atomic mass is 16.4. The standard InChI is InChI=1S/C15H20N2O3/c1-9-4-3-5-12(10(9)2)16-15(20)17-13(8-14(18)19)11-6-7-11/h3-5,11,13H,6-8H2,1-2H3,(H,18,19)(H2,16,17,20). The fourth-order valence-corrected chi connectivity index (χ4v) is 2.24. The molecule has 20 heavy (non-hydrogen) atoms. The second kappa shape index (κ2) is 5.94. The normalized spacial score (nSPS) is 15.5. The van der Waals surface area contributed by atoms with E-state index >= 15 is 0 Å². The van der Waals surface area contributed by atoms with Crippen LogP contribution < -0.4 is 10.6 Å². The summed E-state index contributed by atoms with van der Waals surface area (Å²) in [5.41, 5.74) is 2.88. The van der Waals surface area contributed by atoms with E-state index in [0.29, 0.717) is 5.92 Å². The number of carbonyl (C=O) groups excluding carboxylic acids is 1. The van der Waals surface area contributed by atoms with Crippen LogP contribution in [0, 0.1) is 19.8 Å². The summed E-state index contributed by atoms with van der Waals surface area (Å²) >= 11 is 0. The average Bonchev–Trinajstić information content (AvgIpc) is 3.17. The molecular formula is C15H20N2O3. The maximum atomic E-state index is 12.0. The minimum absolute atomic E-state index is 0.0229. The molecule has 0 spiro atoms. The third-order valence-electron chi connectivity index (χ3n) is 3.75. The van der Waals surface area contributed by atoms with Gasteiger partial charge in [0.15, 0.2) is 0 Å². The first-order valence-electron chi connectivity index (χ1n) is 6.83. The number of benzene rings is 1. The van der Waals surface area contributed by atoms with Crippen LogP contribution in [0.2, 0.25) is 0 Å². The molecule has 5 heteroatoms. The molecule has 0 saturated heterocycles. The quantitative estimate of drug-likeness (QED) is 0.773. The lowest BCUT2D eigenvalue weighted by atomic mass is 10.1. The van der Waals surface area contributed by atoms with Crippen LogP contribution in [0.1, 0.15) is 30.4 Å². The lowest BCUT2D eigenvalue weighted by Gasteiger charge is -2.17. The van der Waals surface area contributed by atoms with Crippen LogP contribution in [0.15, 0.2) is 18.2 Å². The Bertz CT molecular complexity index is 524. The van der Waals surface area contributed by atoms with Crippen LogP contribution in [0.3, 0.4) is 0 Å². The van der Waals surface area contributed by atoms with Crippen molar-refractivity contribution in [2.75, 3.05) is 5.32 Å². The van der Waals surface area contributed by atoms with Crippen molar-refractivity contribution in [3.63, 3.8) is 0 Å². The number of amides is 2. The van der Waals surface area contributed by atoms with Crippen LogP contribution in [0.25, 0.3) is 0 Å². The van der Waals surface area contributed by atoms with Gasteiger partial charge in [0.2, 0.25) is 0 Å². The van der Waals surface area contributed by atoms with E-state index in [2.05, 4.69) is 10.6 Å². The van der Waals surface area contributed by atoms with Gasteiger partial charge >= 0.3 is 12.0 Å². The topological polar surface area (TPSA) is 78.4 Å². The molecule has 0 heterocycles. The number of carboxylic acid groups (broad SMARTS) is 1. The van der Waals surface area contributed by atoms with Gasteiger partial charge in [-0.05, 0) is 49.8 Å². The highest BCUT2D eigenvalue weighted by Crippen LogP contribution is 2.34. The Labute approximate surface area is 118 Å². The smallest absolute Gasteiger partial charge is 0.319 e. The molecule has 1 saturated carbocycles. The first-order valence-corrected chi connectivity index (χ1v) is 6.83. The van der Waals surface area contributed by atoms with Crippen LogP contribution in [-0.4, -0.2) is 23.1 Å². The molecule has 108 valence electrons. The molecule has 1 aromatic rings. The SMILES string of the molecule is Cc1cccc(NC(=O)NC(CC(=O)O)C2CC2)c1C. The number of hydrogen-bond donors (Lipinski definition) is 3. The van der Waals surface area contributed by atoms with Crippen LogP contribution in [-0.2, 0) is 4.79 Å². The molecule has 1 aliphatic carbocycles. The Morgan fingerprint density at radius 3 is 2.65 bits per heavy atom. The van der Waals surface area contributed by atoms with Gasteiger partial charge in [-0.1, -0.05) is 12.1 Å². The number of hydrogen-bond acceptors (Lipinski definition) is 2. The van der Waals surface area contributed by atoms with Crippen molar-refractivity contribution >= 4 is 17.7 Å². The summed E-state index contributed by atoms with van der Waals surface area (Å²) in [6, 6.07) is 5.09. The van der Waals surface area contributed by atoms with E-state index < -0.39 is 5.97 Å². The summed E-state index contributed by atoms with van der Waals surface area (Å²) in [5.74, 6) is -0.579. The average molecular weight is 276 g/mol. The fraction of sp³-hybridized carbons (Fsp3) is 0.467. The molecule has 0 aliphatic heterocycles. The number of aryl methyl sites for hydroxylation is 1. The first kappa shape index (κ1) is 14.4. The van der Waals surface area contributed by atoms with Gasteiger partial charge in [0.25, 0.3) is 0 Å². The van der Waals surface area contributed by atoms with Crippen LogP contribution in [0.5, 0.6) is 0 Å². The molecule has 0 bridgehead atoms. The lowest BCUT2D eigenvalue weighted by molar-refractivity contribution is -0.137. The molecule has 5 nitrogen and oxygen atoms in total. The van der Waals surface area contributed by atoms with Gasteiger partial charge in [0, 0.05) is 11.7 Å². The number of anilines is 1. The predicted molar refractivity (Wildman–Crippen MR) is 76.8 cm³/mol. The van der Waals surface area contributed by atoms with Gasteiger partial charge in [-0.2, -0.15) is 0 Å². The fourth-order valence-electron chi connectivity index (χ4n) is 2.24. The van der Waals surface area contributed by atoms with E-state index in [9.17, 15) is 9.59 Å². The van der Waals surface area contributed by atoms with Gasteiger partial charge in [0.1, 0.15) is 0 Å². The van der Waals surface area contributed by atoms with E-state index in [4.69, 9.17) is 5.11 Å². The maximum Gasteiger partial charge on any atom is 0.319 e. The zero-order valence-electron chi connectivity index (χ0n) is 11.8. The highest BCUT2D eigenvalue weighted by molar-refractivity contribution is 5.90. The van der Waals surface area contributed by atoms with Crippen molar-refractivity contribution in [3.05, 3.63) is 29.3 Å². The van der Waals surface area contributed by atoms with Gasteiger partial charge in [-0.15, -0.1) is 0 Å². The van der Waals surface area contributed by atoms with Crippen molar-refractivity contribution in [3.8, 4) is 0 Å². The molecule has 1 aliphatic rings. The van der Waals surface area contributed by atoms with E-state index in [0.717, 1.165) is 29.7 Å². The number of carboxylic acids is 1. The summed E-state index contributed by atoms with van der Waals surface area (Å²) in [6.07, 6.45) is 1.95. The van der Waals surface area contributed by atoms with Crippen molar-refractivity contribution < 1.29 is 14.7 Å². The van der Waals surface area contributed by atoms with Crippen LogP contribution >= 0.6 is 0 Å². The third kappa shape index (κ3) is 3.73. The van der Waals surface area contributed by atoms with E-state index in [1.807, 2.05) is 32.0 Å². The number of nitrogens with one attached hydrogen (secondary N) is 2. The maximum absolute atomic E-state index is 12.0. The Morgan fingerprint density at radius 1 is 1.35 bits per heavy atom. The van der Waals surface area contributed by atoms with E-state index in [-0.39, 0.29) is 18.5 Å². The van der Waals surface area contributed by atoms with Gasteiger partial charge in [-0.3, -0.25) is 4.79 Å². The Kier molecular flexibility index (Phi) is 4.27. The molecule has 1 unspecified atom stereocenters. The second-order valence-electron chi connectivity index (χ2n) is 5.39. The summed E-state index contributed by atoms with van der Waals surface area (Å²) in [7, 11) is 0.